The van der Waals surface area contributed by atoms with E-state index in [9.17, 15) is 13.2 Å². The normalized spacial score (nSPS) is 18.8. The van der Waals surface area contributed by atoms with Crippen LogP contribution in [0.1, 0.15) is 33.6 Å². The van der Waals surface area contributed by atoms with Crippen LogP contribution < -0.4 is 10.6 Å². The van der Waals surface area contributed by atoms with Crippen LogP contribution in [-0.2, 0) is 10.2 Å². The maximum absolute atomic E-state index is 12.0. The Balaban J connectivity index is 2.39. The molecular weight excluding hydrogens is 292 g/mol. The second-order valence-corrected chi connectivity index (χ2v) is 8.99. The van der Waals surface area contributed by atoms with Crippen molar-refractivity contribution in [3.8, 4) is 0 Å². The minimum absolute atomic E-state index is 0.0265. The Kier molecular flexibility index (Phi) is 6.01. The van der Waals surface area contributed by atoms with Crippen molar-refractivity contribution >= 4 is 16.2 Å². The quantitative estimate of drug-likeness (QED) is 0.796. The number of hydrogen-bond donors (Lipinski definition) is 2. The van der Waals surface area contributed by atoms with Crippen LogP contribution >= 0.6 is 0 Å². The second kappa shape index (κ2) is 6.93. The molecule has 8 heteroatoms. The average molecular weight is 320 g/mol. The molecule has 1 saturated heterocycles. The highest BCUT2D eigenvalue weighted by Gasteiger charge is 2.30. The minimum atomic E-state index is -3.34. The van der Waals surface area contributed by atoms with Gasteiger partial charge in [0.15, 0.2) is 0 Å². The van der Waals surface area contributed by atoms with Crippen LogP contribution in [0, 0.1) is 5.41 Å². The van der Waals surface area contributed by atoms with E-state index in [1.54, 1.807) is 0 Å². The zero-order chi connectivity index (χ0) is 16.3. The number of urea groups is 1. The number of carbonyl (C=O) groups excluding carboxylic acids is 1. The van der Waals surface area contributed by atoms with Crippen molar-refractivity contribution in [3.05, 3.63) is 0 Å². The van der Waals surface area contributed by atoms with Crippen LogP contribution in [0.2, 0.25) is 0 Å². The Labute approximate surface area is 128 Å². The smallest absolute Gasteiger partial charge is 0.315 e. The molecule has 0 aliphatic carbocycles. The Hall–Kier alpha value is -0.860. The molecule has 0 radical (unpaired) electrons. The van der Waals surface area contributed by atoms with E-state index in [0.29, 0.717) is 32.5 Å². The monoisotopic (exact) mass is 320 g/mol. The molecule has 7 nitrogen and oxygen atoms in total. The fourth-order valence-electron chi connectivity index (χ4n) is 2.04. The predicted molar refractivity (Wildman–Crippen MR) is 83.2 cm³/mol. The standard InChI is InChI=1S/C13H28N4O3S/c1-13(2,3)10-14-12(18)15-11-6-8-17(9-7-11)21(19,20)16(4)5/h11H,6-10H2,1-5H3,(H2,14,15,18). The van der Waals surface area contributed by atoms with Gasteiger partial charge in [-0.3, -0.25) is 0 Å². The summed E-state index contributed by atoms with van der Waals surface area (Å²) in [5, 5.41) is 5.75. The molecule has 21 heavy (non-hydrogen) atoms. The molecule has 1 rings (SSSR count). The third kappa shape index (κ3) is 5.80. The van der Waals surface area contributed by atoms with Gasteiger partial charge in [0.05, 0.1) is 0 Å². The van der Waals surface area contributed by atoms with E-state index in [0.717, 1.165) is 0 Å². The average Bonchev–Trinajstić information content (AvgIpc) is 2.36. The molecule has 124 valence electrons. The fourth-order valence-corrected chi connectivity index (χ4v) is 3.18. The van der Waals surface area contributed by atoms with Crippen LogP contribution in [-0.4, -0.2) is 62.8 Å². The van der Waals surface area contributed by atoms with Gasteiger partial charge in [-0.1, -0.05) is 20.8 Å². The van der Waals surface area contributed by atoms with Crippen molar-refractivity contribution in [2.45, 2.75) is 39.7 Å². The van der Waals surface area contributed by atoms with Crippen LogP contribution in [0.5, 0.6) is 0 Å². The molecule has 0 aromatic heterocycles. The summed E-state index contributed by atoms with van der Waals surface area (Å²) in [6.07, 6.45) is 1.27. The fraction of sp³-hybridized carbons (Fsp3) is 0.923. The number of carbonyl (C=O) groups is 1. The molecular formula is C13H28N4O3S. The van der Waals surface area contributed by atoms with E-state index in [-0.39, 0.29) is 17.5 Å². The van der Waals surface area contributed by atoms with Crippen molar-refractivity contribution in [2.24, 2.45) is 5.41 Å². The van der Waals surface area contributed by atoms with E-state index >= 15 is 0 Å². The van der Waals surface area contributed by atoms with Gasteiger partial charge in [0.25, 0.3) is 10.2 Å². The summed E-state index contributed by atoms with van der Waals surface area (Å²) >= 11 is 0. The summed E-state index contributed by atoms with van der Waals surface area (Å²) in [6, 6.07) is -0.155. The number of rotatable bonds is 4. The maximum Gasteiger partial charge on any atom is 0.315 e. The van der Waals surface area contributed by atoms with Gasteiger partial charge in [-0.15, -0.1) is 0 Å². The molecule has 1 aliphatic heterocycles. The Morgan fingerprint density at radius 1 is 1.24 bits per heavy atom. The van der Waals surface area contributed by atoms with E-state index in [1.807, 2.05) is 0 Å². The molecule has 1 aliphatic rings. The number of hydrogen-bond acceptors (Lipinski definition) is 3. The van der Waals surface area contributed by atoms with Gasteiger partial charge >= 0.3 is 6.03 Å². The summed E-state index contributed by atoms with van der Waals surface area (Å²) < 4.78 is 26.6. The molecule has 2 N–H and O–H groups in total. The second-order valence-electron chi connectivity index (χ2n) is 6.85. The Morgan fingerprint density at radius 3 is 2.19 bits per heavy atom. The molecule has 1 fully saturated rings. The summed E-state index contributed by atoms with van der Waals surface area (Å²) in [4.78, 5) is 11.8. The Bertz CT molecular complexity index is 449. The van der Waals surface area contributed by atoms with E-state index in [2.05, 4.69) is 31.4 Å². The number of nitrogens with one attached hydrogen (secondary N) is 2. The summed E-state index contributed by atoms with van der Waals surface area (Å²) in [5.74, 6) is 0. The molecule has 0 spiro atoms. The molecule has 1 heterocycles. The van der Waals surface area contributed by atoms with Crippen molar-refractivity contribution in [1.29, 1.82) is 0 Å². The molecule has 0 bridgehead atoms. The lowest BCUT2D eigenvalue weighted by Gasteiger charge is -2.33. The minimum Gasteiger partial charge on any atom is -0.338 e. The summed E-state index contributed by atoms with van der Waals surface area (Å²) in [7, 11) is -0.288. The molecule has 0 unspecified atom stereocenters. The Morgan fingerprint density at radius 2 is 1.76 bits per heavy atom. The van der Waals surface area contributed by atoms with Gasteiger partial charge in [0.1, 0.15) is 0 Å². The van der Waals surface area contributed by atoms with Gasteiger partial charge in [-0.25, -0.2) is 4.79 Å². The lowest BCUT2D eigenvalue weighted by Crippen LogP contribution is -2.51. The number of amides is 2. The van der Waals surface area contributed by atoms with Crippen molar-refractivity contribution in [1.82, 2.24) is 19.2 Å². The van der Waals surface area contributed by atoms with Gasteiger partial charge in [0.2, 0.25) is 0 Å². The zero-order valence-electron chi connectivity index (χ0n) is 13.6. The van der Waals surface area contributed by atoms with Crippen LogP contribution in [0.4, 0.5) is 4.79 Å². The van der Waals surface area contributed by atoms with Crippen molar-refractivity contribution in [3.63, 3.8) is 0 Å². The van der Waals surface area contributed by atoms with Gasteiger partial charge in [-0.05, 0) is 18.3 Å². The largest absolute Gasteiger partial charge is 0.338 e. The molecule has 0 aromatic rings. The first kappa shape index (κ1) is 18.2. The lowest BCUT2D eigenvalue weighted by atomic mass is 9.97. The third-order valence-electron chi connectivity index (χ3n) is 3.36. The highest BCUT2D eigenvalue weighted by molar-refractivity contribution is 7.86. The van der Waals surface area contributed by atoms with Crippen LogP contribution in [0.25, 0.3) is 0 Å². The van der Waals surface area contributed by atoms with E-state index < -0.39 is 10.2 Å². The molecule has 2 amide bonds. The topological polar surface area (TPSA) is 81.8 Å². The van der Waals surface area contributed by atoms with Crippen LogP contribution in [0.15, 0.2) is 0 Å². The third-order valence-corrected chi connectivity index (χ3v) is 5.30. The molecule has 0 atom stereocenters. The number of piperidine rings is 1. The van der Waals surface area contributed by atoms with Crippen molar-refractivity contribution < 1.29 is 13.2 Å². The first-order valence-corrected chi connectivity index (χ1v) is 8.64. The van der Waals surface area contributed by atoms with Crippen LogP contribution in [0.3, 0.4) is 0 Å². The highest BCUT2D eigenvalue weighted by Crippen LogP contribution is 2.15. The molecule has 0 aromatic carbocycles. The predicted octanol–water partition coefficient (Wildman–Crippen LogP) is 0.603. The van der Waals surface area contributed by atoms with Crippen molar-refractivity contribution in [2.75, 3.05) is 33.7 Å². The van der Waals surface area contributed by atoms with Gasteiger partial charge in [-0.2, -0.15) is 17.0 Å². The highest BCUT2D eigenvalue weighted by atomic mass is 32.2. The van der Waals surface area contributed by atoms with E-state index in [4.69, 9.17) is 0 Å². The maximum atomic E-state index is 12.0. The molecule has 0 saturated carbocycles. The summed E-state index contributed by atoms with van der Waals surface area (Å²) in [6.45, 7) is 7.63. The van der Waals surface area contributed by atoms with Gasteiger partial charge in [0, 0.05) is 39.8 Å². The van der Waals surface area contributed by atoms with E-state index in [1.165, 1.54) is 22.7 Å². The zero-order valence-corrected chi connectivity index (χ0v) is 14.5. The summed E-state index contributed by atoms with van der Waals surface area (Å²) in [5.41, 5.74) is 0.0422. The van der Waals surface area contributed by atoms with Gasteiger partial charge < -0.3 is 10.6 Å². The first-order valence-electron chi connectivity index (χ1n) is 7.24. The number of nitrogens with zero attached hydrogens (tertiary/aromatic N) is 2. The SMILES string of the molecule is CN(C)S(=O)(=O)N1CCC(NC(=O)NCC(C)(C)C)CC1. The first-order chi connectivity index (χ1) is 9.52. The lowest BCUT2D eigenvalue weighted by molar-refractivity contribution is 0.222.